The van der Waals surface area contributed by atoms with Crippen molar-refractivity contribution in [2.24, 2.45) is 0 Å². The lowest BCUT2D eigenvalue weighted by Gasteiger charge is -2.34. The van der Waals surface area contributed by atoms with Crippen LogP contribution < -0.4 is 5.32 Å². The van der Waals surface area contributed by atoms with Crippen LogP contribution in [0.3, 0.4) is 0 Å². The molecule has 0 aliphatic carbocycles. The third-order valence-electron chi connectivity index (χ3n) is 3.89. The lowest BCUT2D eigenvalue weighted by atomic mass is 9.89. The summed E-state index contributed by atoms with van der Waals surface area (Å²) >= 11 is 18.2. The van der Waals surface area contributed by atoms with Crippen molar-refractivity contribution < 1.29 is 4.79 Å². The van der Waals surface area contributed by atoms with Gasteiger partial charge in [0.05, 0.1) is 6.04 Å². The molecule has 2 nitrogen and oxygen atoms in total. The Kier molecular flexibility index (Phi) is 4.74. The number of halogens is 3. The van der Waals surface area contributed by atoms with Crippen molar-refractivity contribution in [1.29, 1.82) is 0 Å². The third kappa shape index (κ3) is 3.31. The first-order valence-electron chi connectivity index (χ1n) is 6.98. The molecule has 0 amide bonds. The molecule has 1 N–H and O–H groups in total. The van der Waals surface area contributed by atoms with E-state index in [9.17, 15) is 4.79 Å². The van der Waals surface area contributed by atoms with Gasteiger partial charge in [-0.05, 0) is 35.4 Å². The minimum atomic E-state index is -0.579. The zero-order valence-electron chi connectivity index (χ0n) is 11.6. The summed E-state index contributed by atoms with van der Waals surface area (Å²) in [6, 6.07) is 14.6. The van der Waals surface area contributed by atoms with Crippen LogP contribution >= 0.6 is 34.8 Å². The number of Topliss-reactive ketones (excluding diaryl/α,β-unsaturated/α-hetero) is 1. The van der Waals surface area contributed by atoms with E-state index in [1.165, 1.54) is 0 Å². The van der Waals surface area contributed by atoms with E-state index in [1.807, 2.05) is 36.4 Å². The van der Waals surface area contributed by atoms with Gasteiger partial charge in [-0.2, -0.15) is 0 Å². The molecule has 0 radical (unpaired) electrons. The van der Waals surface area contributed by atoms with Gasteiger partial charge in [-0.15, -0.1) is 11.6 Å². The third-order valence-corrected chi connectivity index (χ3v) is 4.89. The molecule has 2 aromatic carbocycles. The summed E-state index contributed by atoms with van der Waals surface area (Å²) < 4.78 is 0. The predicted molar refractivity (Wildman–Crippen MR) is 90.8 cm³/mol. The second kappa shape index (κ2) is 6.59. The number of nitrogens with one attached hydrogen (secondary N) is 1. The number of alkyl halides is 1. The second-order valence-electron chi connectivity index (χ2n) is 5.37. The normalized spacial score (nSPS) is 25.2. The molecular formula is C17H14Cl3NO. The van der Waals surface area contributed by atoms with Crippen LogP contribution in [0.2, 0.25) is 10.0 Å². The Morgan fingerprint density at radius 3 is 1.91 bits per heavy atom. The number of hydrogen-bond donors (Lipinski definition) is 1. The molecule has 1 aliphatic rings. The van der Waals surface area contributed by atoms with Gasteiger partial charge in [0, 0.05) is 22.5 Å². The molecule has 1 fully saturated rings. The Hall–Kier alpha value is -1.06. The molecule has 3 atom stereocenters. The molecule has 114 valence electrons. The molecule has 0 aromatic heterocycles. The summed E-state index contributed by atoms with van der Waals surface area (Å²) in [4.78, 5) is 12.3. The average molecular weight is 355 g/mol. The van der Waals surface area contributed by atoms with E-state index in [1.54, 1.807) is 12.1 Å². The van der Waals surface area contributed by atoms with Crippen molar-refractivity contribution in [2.45, 2.75) is 23.9 Å². The number of hydrogen-bond acceptors (Lipinski definition) is 2. The first-order chi connectivity index (χ1) is 10.5. The topological polar surface area (TPSA) is 29.1 Å². The van der Waals surface area contributed by atoms with Crippen LogP contribution in [0.1, 0.15) is 29.6 Å². The molecule has 3 unspecified atom stereocenters. The molecule has 2 aromatic rings. The van der Waals surface area contributed by atoms with Gasteiger partial charge in [0.25, 0.3) is 0 Å². The van der Waals surface area contributed by atoms with Crippen LogP contribution in [0.5, 0.6) is 0 Å². The van der Waals surface area contributed by atoms with E-state index in [2.05, 4.69) is 5.32 Å². The molecule has 1 heterocycles. The fourth-order valence-corrected chi connectivity index (χ4v) is 3.26. The number of rotatable bonds is 2. The summed E-state index contributed by atoms with van der Waals surface area (Å²) in [7, 11) is 0. The van der Waals surface area contributed by atoms with Gasteiger partial charge in [-0.1, -0.05) is 47.5 Å². The first-order valence-corrected chi connectivity index (χ1v) is 8.17. The molecule has 22 heavy (non-hydrogen) atoms. The lowest BCUT2D eigenvalue weighted by molar-refractivity contribution is -0.121. The number of ketones is 1. The van der Waals surface area contributed by atoms with Crippen LogP contribution in [0.15, 0.2) is 48.5 Å². The SMILES string of the molecule is O=C1CC(c2ccc(Cl)cc2)NC(c2ccc(Cl)cc2)C1Cl. The minimum absolute atomic E-state index is 0.0420. The van der Waals surface area contributed by atoms with Gasteiger partial charge in [-0.25, -0.2) is 0 Å². The zero-order chi connectivity index (χ0) is 15.7. The molecule has 3 rings (SSSR count). The van der Waals surface area contributed by atoms with Crippen LogP contribution in [0.25, 0.3) is 0 Å². The standard InChI is InChI=1S/C17H14Cl3NO/c18-12-5-1-10(2-6-12)14-9-15(22)16(20)17(21-14)11-3-7-13(19)8-4-11/h1-8,14,16-17,21H,9H2. The molecule has 0 saturated carbocycles. The number of carbonyl (C=O) groups excluding carboxylic acids is 1. The van der Waals surface area contributed by atoms with Crippen LogP contribution in [0.4, 0.5) is 0 Å². The largest absolute Gasteiger partial charge is 0.301 e. The van der Waals surface area contributed by atoms with Crippen molar-refractivity contribution >= 4 is 40.6 Å². The van der Waals surface area contributed by atoms with Gasteiger partial charge < -0.3 is 5.32 Å². The maximum Gasteiger partial charge on any atom is 0.154 e. The smallest absolute Gasteiger partial charge is 0.154 e. The summed E-state index contributed by atoms with van der Waals surface area (Å²) in [6.45, 7) is 0. The van der Waals surface area contributed by atoms with E-state index in [0.717, 1.165) is 11.1 Å². The molecule has 0 bridgehead atoms. The average Bonchev–Trinajstić information content (AvgIpc) is 2.52. The summed E-state index contributed by atoms with van der Waals surface area (Å²) in [5.41, 5.74) is 1.98. The van der Waals surface area contributed by atoms with Crippen molar-refractivity contribution in [3.63, 3.8) is 0 Å². The van der Waals surface area contributed by atoms with E-state index in [-0.39, 0.29) is 17.9 Å². The highest BCUT2D eigenvalue weighted by atomic mass is 35.5. The van der Waals surface area contributed by atoms with Gasteiger partial charge in [0.2, 0.25) is 0 Å². The van der Waals surface area contributed by atoms with E-state index in [4.69, 9.17) is 34.8 Å². The van der Waals surface area contributed by atoms with Crippen LogP contribution in [-0.2, 0) is 4.79 Å². The van der Waals surface area contributed by atoms with Crippen molar-refractivity contribution in [3.8, 4) is 0 Å². The maximum atomic E-state index is 12.3. The second-order valence-corrected chi connectivity index (χ2v) is 6.72. The Morgan fingerprint density at radius 2 is 1.36 bits per heavy atom. The van der Waals surface area contributed by atoms with E-state index in [0.29, 0.717) is 16.5 Å². The van der Waals surface area contributed by atoms with Crippen LogP contribution in [0, 0.1) is 0 Å². The lowest BCUT2D eigenvalue weighted by Crippen LogP contribution is -2.43. The van der Waals surface area contributed by atoms with Gasteiger partial charge in [0.1, 0.15) is 5.38 Å². The Bertz CT molecular complexity index is 669. The molecular weight excluding hydrogens is 341 g/mol. The quantitative estimate of drug-likeness (QED) is 0.773. The highest BCUT2D eigenvalue weighted by Crippen LogP contribution is 2.34. The van der Waals surface area contributed by atoms with Gasteiger partial charge >= 0.3 is 0 Å². The molecule has 1 saturated heterocycles. The van der Waals surface area contributed by atoms with Crippen molar-refractivity contribution in [3.05, 3.63) is 69.7 Å². The Balaban J connectivity index is 1.88. The Morgan fingerprint density at radius 1 is 0.864 bits per heavy atom. The van der Waals surface area contributed by atoms with Crippen molar-refractivity contribution in [1.82, 2.24) is 5.32 Å². The predicted octanol–water partition coefficient (Wildman–Crippen LogP) is 4.95. The van der Waals surface area contributed by atoms with Gasteiger partial charge in [-0.3, -0.25) is 4.79 Å². The fraction of sp³-hybridized carbons (Fsp3) is 0.235. The maximum absolute atomic E-state index is 12.3. The summed E-state index contributed by atoms with van der Waals surface area (Å²) in [6.07, 6.45) is 0.375. The van der Waals surface area contributed by atoms with Crippen molar-refractivity contribution in [2.75, 3.05) is 0 Å². The fourth-order valence-electron chi connectivity index (χ4n) is 2.70. The zero-order valence-corrected chi connectivity index (χ0v) is 13.9. The first kappa shape index (κ1) is 15.8. The number of benzene rings is 2. The minimum Gasteiger partial charge on any atom is -0.301 e. The molecule has 5 heteroatoms. The van der Waals surface area contributed by atoms with Gasteiger partial charge in [0.15, 0.2) is 5.78 Å². The number of piperidine rings is 1. The highest BCUT2D eigenvalue weighted by molar-refractivity contribution is 6.32. The van der Waals surface area contributed by atoms with Crippen LogP contribution in [-0.4, -0.2) is 11.2 Å². The number of carbonyl (C=O) groups is 1. The summed E-state index contributed by atoms with van der Waals surface area (Å²) in [5, 5.41) is 4.22. The van der Waals surface area contributed by atoms with E-state index < -0.39 is 5.38 Å². The monoisotopic (exact) mass is 353 g/mol. The molecule has 0 spiro atoms. The Labute approximate surface area is 144 Å². The summed E-state index contributed by atoms with van der Waals surface area (Å²) in [5.74, 6) is 0.0420. The highest BCUT2D eigenvalue weighted by Gasteiger charge is 2.36. The molecule has 1 aliphatic heterocycles. The van der Waals surface area contributed by atoms with E-state index >= 15 is 0 Å².